The van der Waals surface area contributed by atoms with Crippen molar-refractivity contribution in [3.05, 3.63) is 83.4 Å². The Morgan fingerprint density at radius 1 is 1.06 bits per heavy atom. The first kappa shape index (κ1) is 23.6. The summed E-state index contributed by atoms with van der Waals surface area (Å²) >= 11 is 5.44. The van der Waals surface area contributed by atoms with Gasteiger partial charge in [0.05, 0.1) is 12.8 Å². The van der Waals surface area contributed by atoms with E-state index in [2.05, 4.69) is 34.9 Å². The van der Waals surface area contributed by atoms with E-state index in [-0.39, 0.29) is 5.60 Å². The van der Waals surface area contributed by atoms with Gasteiger partial charge in [0.2, 0.25) is 0 Å². The van der Waals surface area contributed by atoms with Gasteiger partial charge >= 0.3 is 0 Å². The molecule has 7 heteroatoms. The molecule has 0 bridgehead atoms. The second kappa shape index (κ2) is 10.1. The Balaban J connectivity index is 1.49. The number of nitrogens with zero attached hydrogens (tertiary/aromatic N) is 1. The van der Waals surface area contributed by atoms with Gasteiger partial charge in [0.1, 0.15) is 29.5 Å². The molecule has 0 fully saturated rings. The van der Waals surface area contributed by atoms with Crippen LogP contribution < -0.4 is 25.0 Å². The van der Waals surface area contributed by atoms with Gasteiger partial charge < -0.3 is 19.5 Å². The average molecular weight is 476 g/mol. The number of fused-ring (bicyclic) bond motifs is 1. The summed E-state index contributed by atoms with van der Waals surface area (Å²) in [5.74, 6) is 2.32. The molecule has 0 saturated heterocycles. The van der Waals surface area contributed by atoms with Crippen molar-refractivity contribution >= 4 is 28.7 Å². The Morgan fingerprint density at radius 2 is 1.79 bits per heavy atom. The summed E-state index contributed by atoms with van der Waals surface area (Å²) in [6, 6.07) is 21.6. The van der Waals surface area contributed by atoms with Crippen molar-refractivity contribution in [3.63, 3.8) is 0 Å². The minimum atomic E-state index is -0.387. The van der Waals surface area contributed by atoms with Crippen LogP contribution in [0.3, 0.4) is 0 Å². The number of rotatable bonds is 6. The summed E-state index contributed by atoms with van der Waals surface area (Å²) in [4.78, 5) is 0. The van der Waals surface area contributed by atoms with Crippen LogP contribution in [0.4, 0.5) is 5.69 Å². The Kier molecular flexibility index (Phi) is 7.03. The van der Waals surface area contributed by atoms with Gasteiger partial charge in [-0.3, -0.25) is 5.43 Å². The molecule has 0 atom stereocenters. The van der Waals surface area contributed by atoms with Crippen LogP contribution >= 0.6 is 12.2 Å². The fourth-order valence-electron chi connectivity index (χ4n) is 3.73. The molecule has 0 unspecified atom stereocenters. The number of benzene rings is 3. The largest absolute Gasteiger partial charge is 0.497 e. The maximum atomic E-state index is 6.19. The summed E-state index contributed by atoms with van der Waals surface area (Å²) in [6.45, 7) is 6.67. The lowest BCUT2D eigenvalue weighted by Gasteiger charge is -2.33. The van der Waals surface area contributed by atoms with Crippen molar-refractivity contribution in [3.8, 4) is 17.2 Å². The Labute approximate surface area is 205 Å². The number of hydrazone groups is 1. The molecule has 0 amide bonds. The van der Waals surface area contributed by atoms with E-state index >= 15 is 0 Å². The molecule has 1 aliphatic rings. The zero-order chi connectivity index (χ0) is 24.1. The molecular formula is C27H29N3O3S. The lowest BCUT2D eigenvalue weighted by Crippen LogP contribution is -2.37. The molecule has 0 radical (unpaired) electrons. The van der Waals surface area contributed by atoms with E-state index in [9.17, 15) is 0 Å². The number of aryl methyl sites for hydroxylation is 1. The second-order valence-corrected chi connectivity index (χ2v) is 9.17. The molecule has 176 valence electrons. The van der Waals surface area contributed by atoms with Crippen molar-refractivity contribution < 1.29 is 14.2 Å². The average Bonchev–Trinajstić information content (AvgIpc) is 2.82. The first-order valence-corrected chi connectivity index (χ1v) is 11.5. The Bertz CT molecular complexity index is 1210. The van der Waals surface area contributed by atoms with Crippen LogP contribution in [0.15, 0.2) is 71.8 Å². The summed E-state index contributed by atoms with van der Waals surface area (Å²) in [5.41, 5.74) is 7.53. The Morgan fingerprint density at radius 3 is 2.53 bits per heavy atom. The monoisotopic (exact) mass is 475 g/mol. The predicted octanol–water partition coefficient (Wildman–Crippen LogP) is 5.83. The first-order chi connectivity index (χ1) is 16.3. The van der Waals surface area contributed by atoms with Crippen LogP contribution in [0.1, 0.15) is 37.0 Å². The third kappa shape index (κ3) is 5.85. The minimum absolute atomic E-state index is 0.387. The molecule has 0 saturated carbocycles. The summed E-state index contributed by atoms with van der Waals surface area (Å²) in [6.07, 6.45) is 0.624. The molecule has 1 aliphatic heterocycles. The van der Waals surface area contributed by atoms with Gasteiger partial charge in [-0.1, -0.05) is 24.3 Å². The zero-order valence-electron chi connectivity index (χ0n) is 19.8. The standard InChI is InChI=1S/C27H29N3O3S/c1-18-7-5-6-8-19(18)17-32-22-13-14-25-23(15-22)24(16-27(2,3)33-25)29-30-26(34)28-20-9-11-21(31-4)12-10-20/h5-15H,16-17H2,1-4H3,(H2,28,30,34)/b29-24+. The number of methoxy groups -OCH3 is 1. The molecule has 34 heavy (non-hydrogen) atoms. The van der Waals surface area contributed by atoms with Gasteiger partial charge in [-0.15, -0.1) is 0 Å². The summed E-state index contributed by atoms with van der Waals surface area (Å²) in [5, 5.41) is 8.16. The van der Waals surface area contributed by atoms with Crippen LogP contribution in [-0.4, -0.2) is 23.5 Å². The topological polar surface area (TPSA) is 64.1 Å². The highest BCUT2D eigenvalue weighted by atomic mass is 32.1. The van der Waals surface area contributed by atoms with E-state index in [0.29, 0.717) is 18.1 Å². The second-order valence-electron chi connectivity index (χ2n) is 8.76. The van der Waals surface area contributed by atoms with Crippen molar-refractivity contribution in [2.75, 3.05) is 12.4 Å². The van der Waals surface area contributed by atoms with Gasteiger partial charge in [0.15, 0.2) is 5.11 Å². The van der Waals surface area contributed by atoms with Gasteiger partial charge in [0.25, 0.3) is 0 Å². The van der Waals surface area contributed by atoms with Gasteiger partial charge in [-0.05, 0) is 86.6 Å². The van der Waals surface area contributed by atoms with Crippen molar-refractivity contribution in [2.24, 2.45) is 5.10 Å². The minimum Gasteiger partial charge on any atom is -0.497 e. The van der Waals surface area contributed by atoms with E-state index < -0.39 is 0 Å². The van der Waals surface area contributed by atoms with Crippen LogP contribution in [0.25, 0.3) is 0 Å². The molecule has 2 N–H and O–H groups in total. The highest BCUT2D eigenvalue weighted by molar-refractivity contribution is 7.80. The normalized spacial score (nSPS) is 15.1. The fourth-order valence-corrected chi connectivity index (χ4v) is 3.89. The molecule has 1 heterocycles. The summed E-state index contributed by atoms with van der Waals surface area (Å²) in [7, 11) is 1.64. The van der Waals surface area contributed by atoms with Crippen LogP contribution in [0, 0.1) is 6.92 Å². The van der Waals surface area contributed by atoms with E-state index in [1.807, 2.05) is 68.4 Å². The molecule has 3 aromatic rings. The number of hydrogen-bond acceptors (Lipinski definition) is 5. The number of ether oxygens (including phenoxy) is 3. The van der Waals surface area contributed by atoms with Gasteiger partial charge in [0, 0.05) is 17.7 Å². The van der Waals surface area contributed by atoms with Crippen molar-refractivity contribution in [2.45, 2.75) is 39.4 Å². The van der Waals surface area contributed by atoms with E-state index in [1.54, 1.807) is 7.11 Å². The molecular weight excluding hydrogens is 446 g/mol. The number of hydrogen-bond donors (Lipinski definition) is 2. The number of anilines is 1. The Hall–Kier alpha value is -3.58. The van der Waals surface area contributed by atoms with Gasteiger partial charge in [-0.2, -0.15) is 5.10 Å². The highest BCUT2D eigenvalue weighted by Gasteiger charge is 2.31. The molecule has 0 spiro atoms. The van der Waals surface area contributed by atoms with Crippen molar-refractivity contribution in [1.29, 1.82) is 0 Å². The number of thiocarbonyl (C=S) groups is 1. The molecule has 6 nitrogen and oxygen atoms in total. The first-order valence-electron chi connectivity index (χ1n) is 11.1. The molecule has 3 aromatic carbocycles. The SMILES string of the molecule is COc1ccc(NC(=S)N/N=C2\CC(C)(C)Oc3ccc(OCc4ccccc4C)cc32)cc1. The smallest absolute Gasteiger partial charge is 0.191 e. The van der Waals surface area contributed by atoms with E-state index in [0.717, 1.165) is 39.8 Å². The molecule has 0 aliphatic carbocycles. The fraction of sp³-hybridized carbons (Fsp3) is 0.259. The van der Waals surface area contributed by atoms with Crippen LogP contribution in [0.2, 0.25) is 0 Å². The lowest BCUT2D eigenvalue weighted by molar-refractivity contribution is 0.111. The third-order valence-corrected chi connectivity index (χ3v) is 5.73. The van der Waals surface area contributed by atoms with Gasteiger partial charge in [-0.25, -0.2) is 0 Å². The zero-order valence-corrected chi connectivity index (χ0v) is 20.7. The summed E-state index contributed by atoms with van der Waals surface area (Å²) < 4.78 is 17.5. The lowest BCUT2D eigenvalue weighted by atomic mass is 9.92. The van der Waals surface area contributed by atoms with E-state index in [1.165, 1.54) is 5.56 Å². The van der Waals surface area contributed by atoms with Crippen molar-refractivity contribution in [1.82, 2.24) is 5.43 Å². The van der Waals surface area contributed by atoms with Crippen LogP contribution in [-0.2, 0) is 6.61 Å². The van der Waals surface area contributed by atoms with Crippen LogP contribution in [0.5, 0.6) is 17.2 Å². The molecule has 0 aromatic heterocycles. The van der Waals surface area contributed by atoms with E-state index in [4.69, 9.17) is 26.4 Å². The maximum Gasteiger partial charge on any atom is 0.191 e. The quantitative estimate of drug-likeness (QED) is 0.345. The third-order valence-electron chi connectivity index (χ3n) is 5.54. The maximum absolute atomic E-state index is 6.19. The predicted molar refractivity (Wildman–Crippen MR) is 140 cm³/mol. The number of nitrogens with one attached hydrogen (secondary N) is 2. The molecule has 4 rings (SSSR count). The highest BCUT2D eigenvalue weighted by Crippen LogP contribution is 2.35.